The number of halogens is 4. The SMILES string of the molecule is CC1(N=[N+]=[N-])C2CC3CC(C2)CC1C3.CC1(O)C2CC3CC(C2)CC1C3.CC1([NH3+])C2CC3CC(C2)CC1C3.O=C(O)C(F)(F)F.O=C1C2CC3CC(C2)CC1C3.[CH3-].[Cl-].[Li+].[N-]=[N+]=[N-].[Na+]. The molecule has 0 saturated heterocycles. The zero-order valence-corrected chi connectivity index (χ0v) is 41.7. The van der Waals surface area contributed by atoms with Crippen molar-refractivity contribution in [2.45, 2.75) is 172 Å². The monoisotopic (exact) mass is 910 g/mol. The number of azide groups is 1. The van der Waals surface area contributed by atoms with Crippen LogP contribution in [0.1, 0.15) is 149 Å². The van der Waals surface area contributed by atoms with Crippen molar-refractivity contribution in [3.8, 4) is 0 Å². The van der Waals surface area contributed by atoms with Crippen LogP contribution in [0.3, 0.4) is 0 Å². The van der Waals surface area contributed by atoms with E-state index in [4.69, 9.17) is 26.5 Å². The van der Waals surface area contributed by atoms with Gasteiger partial charge in [-0.3, -0.25) is 9.71 Å². The predicted molar refractivity (Wildman–Crippen MR) is 223 cm³/mol. The minimum absolute atomic E-state index is 0. The van der Waals surface area contributed by atoms with Gasteiger partial charge in [0.1, 0.15) is 5.78 Å². The van der Waals surface area contributed by atoms with Gasteiger partial charge in [0, 0.05) is 28.6 Å². The van der Waals surface area contributed by atoms with E-state index < -0.39 is 12.1 Å². The number of rotatable bonds is 1. The van der Waals surface area contributed by atoms with Crippen LogP contribution in [0.25, 0.3) is 26.4 Å². The molecule has 346 valence electrons. The van der Waals surface area contributed by atoms with E-state index in [1.807, 2.05) is 0 Å². The zero-order chi connectivity index (χ0) is 42.7. The van der Waals surface area contributed by atoms with Crippen molar-refractivity contribution in [3.05, 3.63) is 33.8 Å². The smallest absolute Gasteiger partial charge is 1.00 e. The van der Waals surface area contributed by atoms with Gasteiger partial charge in [0.25, 0.3) is 0 Å². The molecule has 16 bridgehead atoms. The van der Waals surface area contributed by atoms with Gasteiger partial charge in [-0.15, -0.1) is 0 Å². The second kappa shape index (κ2) is 22.2. The van der Waals surface area contributed by atoms with Crippen LogP contribution in [-0.4, -0.2) is 44.8 Å². The molecular weight excluding hydrogens is 837 g/mol. The Balaban J connectivity index is 0.000000206. The summed E-state index contributed by atoms with van der Waals surface area (Å²) in [5.41, 5.74) is 26.8. The van der Waals surface area contributed by atoms with Crippen LogP contribution in [0.4, 0.5) is 13.2 Å². The van der Waals surface area contributed by atoms with Crippen molar-refractivity contribution in [1.29, 1.82) is 0 Å². The van der Waals surface area contributed by atoms with E-state index >= 15 is 0 Å². The summed E-state index contributed by atoms with van der Waals surface area (Å²) in [7, 11) is 0. The average molecular weight is 911 g/mol. The van der Waals surface area contributed by atoms with Crippen LogP contribution >= 0.6 is 0 Å². The number of carboxylic acid groups (broad SMARTS) is 1. The molecule has 0 aromatic carbocycles. The van der Waals surface area contributed by atoms with Crippen molar-refractivity contribution in [3.63, 3.8) is 0 Å². The molecule has 0 aromatic rings. The molecule has 16 rings (SSSR count). The van der Waals surface area contributed by atoms with Crippen LogP contribution in [0.5, 0.6) is 0 Å². The molecule has 11 nitrogen and oxygen atoms in total. The first kappa shape index (κ1) is 56.7. The Morgan fingerprint density at radius 3 is 1.11 bits per heavy atom. The van der Waals surface area contributed by atoms with Crippen molar-refractivity contribution in [1.82, 2.24) is 0 Å². The van der Waals surface area contributed by atoms with Crippen LogP contribution < -0.4 is 66.6 Å². The Labute approximate surface area is 414 Å². The topological polar surface area (TPSA) is 210 Å². The van der Waals surface area contributed by atoms with Gasteiger partial charge in [0.05, 0.1) is 16.7 Å². The molecule has 0 atom stereocenters. The summed E-state index contributed by atoms with van der Waals surface area (Å²) >= 11 is 0. The number of carbonyl (C=O) groups excluding carboxylic acids is 1. The number of alkyl halides is 3. The molecule has 16 aliphatic rings. The maximum atomic E-state index is 11.6. The molecule has 0 aromatic heterocycles. The van der Waals surface area contributed by atoms with E-state index in [1.54, 1.807) is 6.42 Å². The maximum absolute atomic E-state index is 11.6. The third kappa shape index (κ3) is 12.2. The minimum Gasteiger partial charge on any atom is -1.00 e. The molecule has 0 aliphatic heterocycles. The number of ketones is 1. The molecule has 16 fully saturated rings. The molecule has 17 heteroatoms. The number of carbonyl (C=O) groups is 2. The first-order valence-corrected chi connectivity index (χ1v) is 23.2. The summed E-state index contributed by atoms with van der Waals surface area (Å²) < 4.78 is 31.7. The molecule has 5 N–H and O–H groups in total. The number of aliphatic hydroxyl groups is 1. The fourth-order valence-corrected chi connectivity index (χ4v) is 16.4. The maximum Gasteiger partial charge on any atom is 1.00 e. The van der Waals surface area contributed by atoms with E-state index in [0.717, 1.165) is 59.2 Å². The van der Waals surface area contributed by atoms with E-state index in [2.05, 4.69) is 36.5 Å². The van der Waals surface area contributed by atoms with Gasteiger partial charge in [0.2, 0.25) is 0 Å². The summed E-state index contributed by atoms with van der Waals surface area (Å²) in [6.45, 7) is 6.69. The number of Topliss-reactive ketones (excluding diaryl/α,β-unsaturated/α-hetero) is 1. The van der Waals surface area contributed by atoms with E-state index in [9.17, 15) is 23.1 Å². The predicted octanol–water partition coefficient (Wildman–Crippen LogP) is 2.12. The molecule has 0 unspecified atom stereocenters. The second-order valence-electron chi connectivity index (χ2n) is 22.7. The number of aliphatic carboxylic acids is 1. The molecule has 0 heterocycles. The summed E-state index contributed by atoms with van der Waals surface area (Å²) in [6.07, 6.45) is 22.4. The van der Waals surface area contributed by atoms with Gasteiger partial charge in [0.15, 0.2) is 0 Å². The van der Waals surface area contributed by atoms with Gasteiger partial charge < -0.3 is 46.8 Å². The first-order valence-electron chi connectivity index (χ1n) is 23.2. The molecular formula is C46H73ClF3LiN7NaO4. The van der Waals surface area contributed by atoms with Gasteiger partial charge >= 0.3 is 60.6 Å². The fourth-order valence-electron chi connectivity index (χ4n) is 16.4. The van der Waals surface area contributed by atoms with Crippen LogP contribution in [0.15, 0.2) is 5.11 Å². The van der Waals surface area contributed by atoms with E-state index in [0.29, 0.717) is 46.8 Å². The summed E-state index contributed by atoms with van der Waals surface area (Å²) in [6, 6.07) is 0. The largest absolute Gasteiger partial charge is 1.00 e. The molecule has 0 radical (unpaired) electrons. The molecule has 63 heavy (non-hydrogen) atoms. The van der Waals surface area contributed by atoms with Crippen LogP contribution in [0.2, 0.25) is 0 Å². The third-order valence-corrected chi connectivity index (χ3v) is 19.0. The number of hydrogen-bond donors (Lipinski definition) is 3. The summed E-state index contributed by atoms with van der Waals surface area (Å²) in [4.78, 5) is 25.0. The number of nitrogens with zero attached hydrogens (tertiary/aromatic N) is 6. The van der Waals surface area contributed by atoms with Crippen molar-refractivity contribution >= 4 is 11.8 Å². The molecule has 16 saturated carbocycles. The van der Waals surface area contributed by atoms with E-state index in [1.165, 1.54) is 127 Å². The van der Waals surface area contributed by atoms with Gasteiger partial charge in [-0.25, -0.2) is 4.79 Å². The second-order valence-corrected chi connectivity index (χ2v) is 22.7. The Morgan fingerprint density at radius 2 is 0.857 bits per heavy atom. The Morgan fingerprint density at radius 1 is 0.619 bits per heavy atom. The normalized spacial score (nSPS) is 46.6. The van der Waals surface area contributed by atoms with Crippen LogP contribution in [0, 0.1) is 102 Å². The number of hydrogen-bond acceptors (Lipinski definition) is 4. The molecule has 0 amide bonds. The zero-order valence-electron chi connectivity index (χ0n) is 39.0. The molecule has 0 spiro atoms. The quantitative estimate of drug-likeness (QED) is 0.119. The summed E-state index contributed by atoms with van der Waals surface area (Å²) in [5, 5.41) is 21.6. The average Bonchev–Trinajstić information content (AvgIpc) is 3.14. The van der Waals surface area contributed by atoms with Crippen molar-refractivity contribution < 1.29 is 99.5 Å². The Kier molecular flexibility index (Phi) is 20.0. The third-order valence-electron chi connectivity index (χ3n) is 19.0. The van der Waals surface area contributed by atoms with Gasteiger partial charge in [-0.2, -0.15) is 13.2 Å². The molecule has 16 aliphatic carbocycles. The van der Waals surface area contributed by atoms with Gasteiger partial charge in [-0.1, -0.05) is 12.0 Å². The fraction of sp³-hybridized carbons (Fsp3) is 0.935. The van der Waals surface area contributed by atoms with Crippen LogP contribution in [-0.2, 0) is 9.59 Å². The van der Waals surface area contributed by atoms with Crippen molar-refractivity contribution in [2.24, 2.45) is 99.8 Å². The Hall–Kier alpha value is -0.643. The summed E-state index contributed by atoms with van der Waals surface area (Å²) in [5.74, 6) is 11.5. The number of carboxylic acids is 1. The standard InChI is InChI=1S/C11H17N3.C11H19N.C11H18O.C10H14O.C2HF3O2.CH3.ClH.Li.N3.Na/c1-11(13-14-12)9-3-7-2-8(5-9)6-10(11)4-7;2*1-11(12)9-3-7-2-8(5-9)6-10(11)4-7;11-10-8-2-6-1-7(4-8)5-9(10)3-6;3-2(4,5)1(6)7;;;;1-3-2;/h7-10H,2-6H2,1H3;7-10H,2-6,12H2,1H3;7-10,12H,2-6H2,1H3;6-9H,1-5H2;(H,6,7);1H3;1H;;;/q;;;;;-1;;+1;-1;+1. The first-order chi connectivity index (χ1) is 27.7. The Bertz CT molecular complexity index is 1490. The number of quaternary nitrogens is 1. The van der Waals surface area contributed by atoms with Gasteiger partial charge in [-0.05, 0) is 219 Å². The van der Waals surface area contributed by atoms with Crippen molar-refractivity contribution in [2.75, 3.05) is 0 Å². The minimum atomic E-state index is -5.08. The van der Waals surface area contributed by atoms with E-state index in [-0.39, 0.29) is 79.4 Å².